The second-order valence-corrected chi connectivity index (χ2v) is 4.83. The summed E-state index contributed by atoms with van der Waals surface area (Å²) in [7, 11) is 0. The minimum atomic E-state index is -0.453. The molecule has 2 heterocycles. The lowest BCUT2D eigenvalue weighted by atomic mass is 10.2. The van der Waals surface area contributed by atoms with Gasteiger partial charge in [0.05, 0.1) is 30.4 Å². The summed E-state index contributed by atoms with van der Waals surface area (Å²) in [4.78, 5) is 14.6. The van der Waals surface area contributed by atoms with Crippen molar-refractivity contribution in [3.63, 3.8) is 0 Å². The minimum absolute atomic E-state index is 0.206. The molecule has 2 aromatic heterocycles. The van der Waals surface area contributed by atoms with E-state index in [0.717, 1.165) is 0 Å². The lowest BCUT2D eigenvalue weighted by Gasteiger charge is -2.06. The third-order valence-electron chi connectivity index (χ3n) is 2.94. The number of aromatic nitrogens is 5. The van der Waals surface area contributed by atoms with Crippen LogP contribution in [0.5, 0.6) is 0 Å². The molecule has 0 bridgehead atoms. The van der Waals surface area contributed by atoms with Crippen LogP contribution in [-0.4, -0.2) is 29.8 Å². The standard InChI is InChI=1S/C13H11FN6OS/c14-11-5-10(1-2-12(11)19-4-3-15-8-19)20-7-9(17-18-20)6-16-13(21)22/h1-5,7-8H,6H2,(H2,16,21,22). The fourth-order valence-corrected chi connectivity index (χ4v) is 2.00. The van der Waals surface area contributed by atoms with Crippen molar-refractivity contribution in [2.45, 2.75) is 6.54 Å². The van der Waals surface area contributed by atoms with Gasteiger partial charge in [-0.25, -0.2) is 14.1 Å². The van der Waals surface area contributed by atoms with E-state index < -0.39 is 11.1 Å². The molecule has 0 atom stereocenters. The van der Waals surface area contributed by atoms with Gasteiger partial charge < -0.3 is 9.88 Å². The number of benzene rings is 1. The van der Waals surface area contributed by atoms with E-state index in [1.807, 2.05) is 0 Å². The number of hydrogen-bond acceptors (Lipinski definition) is 4. The topological polar surface area (TPSA) is 77.6 Å². The van der Waals surface area contributed by atoms with Crippen molar-refractivity contribution in [1.29, 1.82) is 0 Å². The lowest BCUT2D eigenvalue weighted by molar-refractivity contribution is 0.260. The van der Waals surface area contributed by atoms with E-state index in [-0.39, 0.29) is 6.54 Å². The molecular weight excluding hydrogens is 307 g/mol. The molecule has 7 nitrogen and oxygen atoms in total. The molecule has 22 heavy (non-hydrogen) atoms. The summed E-state index contributed by atoms with van der Waals surface area (Å²) in [6.07, 6.45) is 6.36. The average Bonchev–Trinajstić information content (AvgIpc) is 3.16. The first-order valence-corrected chi connectivity index (χ1v) is 6.74. The molecule has 0 spiro atoms. The van der Waals surface area contributed by atoms with Gasteiger partial charge in [-0.05, 0) is 12.1 Å². The highest BCUT2D eigenvalue weighted by atomic mass is 32.1. The Balaban J connectivity index is 1.84. The SMILES string of the molecule is O=C(S)NCc1cn(-c2ccc(-n3ccnc3)c(F)c2)nn1. The molecule has 1 N–H and O–H groups in total. The zero-order chi connectivity index (χ0) is 15.5. The molecule has 0 aliphatic carbocycles. The summed E-state index contributed by atoms with van der Waals surface area (Å²) in [6, 6.07) is 4.70. The normalized spacial score (nSPS) is 10.6. The molecular formula is C13H11FN6OS. The predicted molar refractivity (Wildman–Crippen MR) is 79.7 cm³/mol. The molecule has 0 radical (unpaired) electrons. The van der Waals surface area contributed by atoms with Crippen LogP contribution < -0.4 is 5.32 Å². The van der Waals surface area contributed by atoms with Crippen molar-refractivity contribution in [2.24, 2.45) is 0 Å². The van der Waals surface area contributed by atoms with Crippen molar-refractivity contribution >= 4 is 17.9 Å². The fraction of sp³-hybridized carbons (Fsp3) is 0.0769. The van der Waals surface area contributed by atoms with Gasteiger partial charge in [0, 0.05) is 18.5 Å². The smallest absolute Gasteiger partial charge is 0.276 e. The van der Waals surface area contributed by atoms with Gasteiger partial charge in [-0.1, -0.05) is 17.8 Å². The monoisotopic (exact) mass is 318 g/mol. The number of nitrogens with zero attached hydrogens (tertiary/aromatic N) is 5. The van der Waals surface area contributed by atoms with E-state index in [1.165, 1.54) is 17.1 Å². The van der Waals surface area contributed by atoms with Crippen LogP contribution in [0.15, 0.2) is 43.1 Å². The number of carbonyl (C=O) groups is 1. The summed E-state index contributed by atoms with van der Waals surface area (Å²) in [5, 5.41) is 9.83. The predicted octanol–water partition coefficient (Wildman–Crippen LogP) is 1.73. The van der Waals surface area contributed by atoms with Crippen molar-refractivity contribution in [3.8, 4) is 11.4 Å². The second kappa shape index (κ2) is 5.98. The first-order valence-electron chi connectivity index (χ1n) is 6.30. The number of imidazole rings is 1. The number of carbonyl (C=O) groups excluding carboxylic acids is 1. The van der Waals surface area contributed by atoms with E-state index in [0.29, 0.717) is 17.1 Å². The Morgan fingerprint density at radius 3 is 2.95 bits per heavy atom. The van der Waals surface area contributed by atoms with Gasteiger partial charge >= 0.3 is 0 Å². The van der Waals surface area contributed by atoms with E-state index in [2.05, 4.69) is 33.2 Å². The quantitative estimate of drug-likeness (QED) is 0.718. The van der Waals surface area contributed by atoms with Crippen molar-refractivity contribution in [2.75, 3.05) is 0 Å². The molecule has 0 saturated carbocycles. The number of halogens is 1. The Kier molecular flexibility index (Phi) is 3.88. The van der Waals surface area contributed by atoms with Crippen LogP contribution >= 0.6 is 12.6 Å². The van der Waals surface area contributed by atoms with Gasteiger partial charge in [-0.2, -0.15) is 0 Å². The molecule has 0 saturated heterocycles. The summed E-state index contributed by atoms with van der Waals surface area (Å²) in [6.45, 7) is 0.206. The van der Waals surface area contributed by atoms with Gasteiger partial charge in [-0.3, -0.25) is 4.79 Å². The molecule has 3 rings (SSSR count). The van der Waals surface area contributed by atoms with Crippen molar-refractivity contribution in [3.05, 3.63) is 54.6 Å². The molecule has 112 valence electrons. The number of hydrogen-bond donors (Lipinski definition) is 2. The van der Waals surface area contributed by atoms with E-state index >= 15 is 0 Å². The molecule has 9 heteroatoms. The maximum atomic E-state index is 14.2. The number of nitrogens with one attached hydrogen (secondary N) is 1. The summed E-state index contributed by atoms with van der Waals surface area (Å²) >= 11 is 3.60. The fourth-order valence-electron chi connectivity index (χ4n) is 1.92. The van der Waals surface area contributed by atoms with Crippen LogP contribution in [0.4, 0.5) is 9.18 Å². The highest BCUT2D eigenvalue weighted by molar-refractivity contribution is 7.96. The molecule has 1 amide bonds. The van der Waals surface area contributed by atoms with Gasteiger partial charge in [-0.15, -0.1) is 5.10 Å². The van der Waals surface area contributed by atoms with Gasteiger partial charge in [0.15, 0.2) is 0 Å². The Labute approximate surface area is 130 Å². The lowest BCUT2D eigenvalue weighted by Crippen LogP contribution is -2.15. The van der Waals surface area contributed by atoms with Crippen LogP contribution in [0.25, 0.3) is 11.4 Å². The van der Waals surface area contributed by atoms with Crippen LogP contribution in [0, 0.1) is 5.82 Å². The molecule has 0 aliphatic heterocycles. The van der Waals surface area contributed by atoms with Crippen molar-refractivity contribution < 1.29 is 9.18 Å². The van der Waals surface area contributed by atoms with E-state index in [9.17, 15) is 9.18 Å². The van der Waals surface area contributed by atoms with Crippen LogP contribution in [0.3, 0.4) is 0 Å². The Hall–Kier alpha value is -2.68. The highest BCUT2D eigenvalue weighted by Crippen LogP contribution is 2.17. The Bertz CT molecular complexity index is 801. The molecule has 1 aromatic carbocycles. The molecule has 0 aliphatic rings. The van der Waals surface area contributed by atoms with Crippen LogP contribution in [0.1, 0.15) is 5.69 Å². The maximum Gasteiger partial charge on any atom is 0.276 e. The summed E-state index contributed by atoms with van der Waals surface area (Å²) < 4.78 is 17.2. The maximum absolute atomic E-state index is 14.2. The molecule has 0 unspecified atom stereocenters. The van der Waals surface area contributed by atoms with Gasteiger partial charge in [0.25, 0.3) is 5.24 Å². The number of amides is 1. The Morgan fingerprint density at radius 2 is 2.27 bits per heavy atom. The third kappa shape index (κ3) is 2.98. The summed E-state index contributed by atoms with van der Waals surface area (Å²) in [5.41, 5.74) is 1.46. The minimum Gasteiger partial charge on any atom is -0.341 e. The number of rotatable bonds is 4. The first-order chi connectivity index (χ1) is 10.6. The van der Waals surface area contributed by atoms with Gasteiger partial charge in [0.2, 0.25) is 0 Å². The van der Waals surface area contributed by atoms with Crippen LogP contribution in [-0.2, 0) is 6.54 Å². The first kappa shape index (κ1) is 14.3. The van der Waals surface area contributed by atoms with Gasteiger partial charge in [0.1, 0.15) is 11.5 Å². The molecule has 3 aromatic rings. The molecule has 0 fully saturated rings. The Morgan fingerprint density at radius 1 is 1.41 bits per heavy atom. The number of thiol groups is 1. The van der Waals surface area contributed by atoms with Crippen LogP contribution in [0.2, 0.25) is 0 Å². The van der Waals surface area contributed by atoms with E-state index in [1.54, 1.807) is 35.3 Å². The highest BCUT2D eigenvalue weighted by Gasteiger charge is 2.08. The zero-order valence-electron chi connectivity index (χ0n) is 11.2. The third-order valence-corrected chi connectivity index (χ3v) is 3.10. The zero-order valence-corrected chi connectivity index (χ0v) is 12.1. The van der Waals surface area contributed by atoms with E-state index in [4.69, 9.17) is 0 Å². The second-order valence-electron chi connectivity index (χ2n) is 4.42. The van der Waals surface area contributed by atoms with Crippen molar-refractivity contribution in [1.82, 2.24) is 29.9 Å². The largest absolute Gasteiger partial charge is 0.341 e. The average molecular weight is 318 g/mol. The summed E-state index contributed by atoms with van der Waals surface area (Å²) in [5.74, 6) is -0.406.